The van der Waals surface area contributed by atoms with Gasteiger partial charge in [-0.25, -0.2) is 19.4 Å². The lowest BCUT2D eigenvalue weighted by atomic mass is 10.2. The molecule has 21 heavy (non-hydrogen) atoms. The van der Waals surface area contributed by atoms with Gasteiger partial charge < -0.3 is 9.84 Å². The van der Waals surface area contributed by atoms with E-state index in [1.54, 1.807) is 6.07 Å². The largest absolute Gasteiger partial charge is 0.478 e. The highest BCUT2D eigenvalue weighted by atomic mass is 16.5. The zero-order valence-corrected chi connectivity index (χ0v) is 12.0. The zero-order valence-electron chi connectivity index (χ0n) is 12.0. The SMILES string of the molecule is Cc1cc(-c2ncn(/C=C\C(=O)O)n2)cc(OC(C)C)n1. The van der Waals surface area contributed by atoms with Crippen LogP contribution in [0, 0.1) is 6.92 Å². The summed E-state index contributed by atoms with van der Waals surface area (Å²) < 4.78 is 6.91. The van der Waals surface area contributed by atoms with Crippen molar-refractivity contribution < 1.29 is 14.6 Å². The fourth-order valence-corrected chi connectivity index (χ4v) is 1.69. The van der Waals surface area contributed by atoms with E-state index >= 15 is 0 Å². The highest BCUT2D eigenvalue weighted by molar-refractivity contribution is 5.82. The number of aromatic nitrogens is 4. The molecule has 0 bridgehead atoms. The summed E-state index contributed by atoms with van der Waals surface area (Å²) in [4.78, 5) is 18.9. The number of hydrogen-bond acceptors (Lipinski definition) is 5. The van der Waals surface area contributed by atoms with Crippen LogP contribution in [0.5, 0.6) is 5.88 Å². The molecule has 2 aromatic heterocycles. The summed E-state index contributed by atoms with van der Waals surface area (Å²) in [5, 5.41) is 12.8. The van der Waals surface area contributed by atoms with Crippen LogP contribution < -0.4 is 4.74 Å². The third-order valence-corrected chi connectivity index (χ3v) is 2.42. The van der Waals surface area contributed by atoms with Gasteiger partial charge >= 0.3 is 5.97 Å². The molecule has 0 amide bonds. The predicted octanol–water partition coefficient (Wildman–Crippen LogP) is 1.99. The third-order valence-electron chi connectivity index (χ3n) is 2.42. The fraction of sp³-hybridized carbons (Fsp3) is 0.286. The van der Waals surface area contributed by atoms with Crippen LogP contribution in [0.15, 0.2) is 24.5 Å². The van der Waals surface area contributed by atoms with Crippen LogP contribution in [-0.4, -0.2) is 36.9 Å². The quantitative estimate of drug-likeness (QED) is 0.846. The van der Waals surface area contributed by atoms with Crippen molar-refractivity contribution in [2.24, 2.45) is 0 Å². The summed E-state index contributed by atoms with van der Waals surface area (Å²) in [6.07, 6.45) is 3.77. The normalized spacial score (nSPS) is 11.2. The fourth-order valence-electron chi connectivity index (χ4n) is 1.69. The Bertz CT molecular complexity index is 677. The van der Waals surface area contributed by atoms with Crippen LogP contribution in [0.2, 0.25) is 0 Å². The van der Waals surface area contributed by atoms with E-state index < -0.39 is 5.97 Å². The Kier molecular flexibility index (Phi) is 4.32. The van der Waals surface area contributed by atoms with Gasteiger partial charge in [0.1, 0.15) is 6.33 Å². The summed E-state index contributed by atoms with van der Waals surface area (Å²) in [5.74, 6) is -0.0546. The number of pyridine rings is 1. The van der Waals surface area contributed by atoms with E-state index in [1.807, 2.05) is 26.8 Å². The number of carboxylic acid groups (broad SMARTS) is 1. The maximum Gasteiger partial charge on any atom is 0.329 e. The van der Waals surface area contributed by atoms with E-state index in [2.05, 4.69) is 15.1 Å². The van der Waals surface area contributed by atoms with Crippen molar-refractivity contribution in [3.05, 3.63) is 30.2 Å². The molecule has 1 N–H and O–H groups in total. The number of nitrogens with zero attached hydrogens (tertiary/aromatic N) is 4. The number of carbonyl (C=O) groups is 1. The van der Waals surface area contributed by atoms with E-state index in [1.165, 1.54) is 17.2 Å². The molecule has 0 aromatic carbocycles. The number of hydrogen-bond donors (Lipinski definition) is 1. The van der Waals surface area contributed by atoms with Crippen molar-refractivity contribution in [1.29, 1.82) is 0 Å². The smallest absolute Gasteiger partial charge is 0.329 e. The topological polar surface area (TPSA) is 90.1 Å². The van der Waals surface area contributed by atoms with Gasteiger partial charge in [0, 0.05) is 29.6 Å². The molecule has 2 heterocycles. The van der Waals surface area contributed by atoms with Gasteiger partial charge in [0.05, 0.1) is 6.10 Å². The monoisotopic (exact) mass is 288 g/mol. The Morgan fingerprint density at radius 3 is 2.86 bits per heavy atom. The van der Waals surface area contributed by atoms with Crippen molar-refractivity contribution in [3.8, 4) is 17.3 Å². The maximum atomic E-state index is 10.5. The first kappa shape index (κ1) is 14.7. The van der Waals surface area contributed by atoms with Crippen LogP contribution in [0.3, 0.4) is 0 Å². The Morgan fingerprint density at radius 2 is 2.19 bits per heavy atom. The molecule has 2 aromatic rings. The van der Waals surface area contributed by atoms with Gasteiger partial charge in [0.2, 0.25) is 5.88 Å². The molecule has 110 valence electrons. The molecule has 0 fully saturated rings. The second-order valence-electron chi connectivity index (χ2n) is 4.70. The summed E-state index contributed by atoms with van der Waals surface area (Å²) in [5.41, 5.74) is 1.56. The number of aryl methyl sites for hydroxylation is 1. The summed E-state index contributed by atoms with van der Waals surface area (Å²) in [7, 11) is 0. The molecule has 0 aliphatic heterocycles. The highest BCUT2D eigenvalue weighted by Gasteiger charge is 2.09. The zero-order chi connectivity index (χ0) is 15.4. The first-order chi connectivity index (χ1) is 9.94. The van der Waals surface area contributed by atoms with E-state index in [0.29, 0.717) is 11.7 Å². The van der Waals surface area contributed by atoms with Gasteiger partial charge in [-0.2, -0.15) is 0 Å². The Labute approximate surface area is 121 Å². The van der Waals surface area contributed by atoms with Crippen LogP contribution in [-0.2, 0) is 4.79 Å². The van der Waals surface area contributed by atoms with Crippen LogP contribution >= 0.6 is 0 Å². The molecule has 7 nitrogen and oxygen atoms in total. The first-order valence-corrected chi connectivity index (χ1v) is 6.42. The lowest BCUT2D eigenvalue weighted by molar-refractivity contribution is -0.131. The van der Waals surface area contributed by atoms with Crippen LogP contribution in [0.1, 0.15) is 19.5 Å². The number of rotatable bonds is 5. The summed E-state index contributed by atoms with van der Waals surface area (Å²) >= 11 is 0. The molecule has 0 unspecified atom stereocenters. The third kappa shape index (κ3) is 4.13. The van der Waals surface area contributed by atoms with Gasteiger partial charge in [-0.15, -0.1) is 5.10 Å². The van der Waals surface area contributed by atoms with E-state index in [0.717, 1.165) is 17.3 Å². The molecule has 7 heteroatoms. The lowest BCUT2D eigenvalue weighted by Gasteiger charge is -2.10. The van der Waals surface area contributed by atoms with Gasteiger partial charge in [0.25, 0.3) is 0 Å². The molecule has 0 saturated carbocycles. The van der Waals surface area contributed by atoms with Crippen molar-refractivity contribution in [3.63, 3.8) is 0 Å². The number of carboxylic acids is 1. The minimum Gasteiger partial charge on any atom is -0.478 e. The molecule has 0 aliphatic carbocycles. The number of aliphatic carboxylic acids is 1. The van der Waals surface area contributed by atoms with Gasteiger partial charge in [0.15, 0.2) is 5.82 Å². The molecule has 0 spiro atoms. The second kappa shape index (κ2) is 6.17. The predicted molar refractivity (Wildman–Crippen MR) is 76.7 cm³/mol. The second-order valence-corrected chi connectivity index (χ2v) is 4.70. The van der Waals surface area contributed by atoms with Crippen molar-refractivity contribution in [2.45, 2.75) is 26.9 Å². The molecule has 0 aliphatic rings. The van der Waals surface area contributed by atoms with Crippen molar-refractivity contribution in [2.75, 3.05) is 0 Å². The van der Waals surface area contributed by atoms with Crippen LogP contribution in [0.25, 0.3) is 17.6 Å². The average Bonchev–Trinajstić information content (AvgIpc) is 2.83. The molecule has 0 radical (unpaired) electrons. The summed E-state index contributed by atoms with van der Waals surface area (Å²) in [6, 6.07) is 3.60. The minimum absolute atomic E-state index is 0.0242. The standard InChI is InChI=1S/C14H16N4O3/c1-9(2)21-12-7-11(6-10(3)16-12)14-15-8-18(17-14)5-4-13(19)20/h4-9H,1-3H3,(H,19,20)/b5-4-. The minimum atomic E-state index is -1.04. The highest BCUT2D eigenvalue weighted by Crippen LogP contribution is 2.21. The number of ether oxygens (including phenoxy) is 1. The van der Waals surface area contributed by atoms with E-state index in [4.69, 9.17) is 9.84 Å². The molecular weight excluding hydrogens is 272 g/mol. The molecular formula is C14H16N4O3. The summed E-state index contributed by atoms with van der Waals surface area (Å²) in [6.45, 7) is 5.71. The Morgan fingerprint density at radius 1 is 1.43 bits per heavy atom. The van der Waals surface area contributed by atoms with Crippen molar-refractivity contribution >= 4 is 12.2 Å². The maximum absolute atomic E-state index is 10.5. The van der Waals surface area contributed by atoms with Gasteiger partial charge in [-0.3, -0.25) is 0 Å². The van der Waals surface area contributed by atoms with Gasteiger partial charge in [-0.05, 0) is 26.8 Å². The van der Waals surface area contributed by atoms with Crippen molar-refractivity contribution in [1.82, 2.24) is 19.7 Å². The first-order valence-electron chi connectivity index (χ1n) is 6.42. The van der Waals surface area contributed by atoms with E-state index in [-0.39, 0.29) is 6.10 Å². The Balaban J connectivity index is 2.29. The lowest BCUT2D eigenvalue weighted by Crippen LogP contribution is -2.07. The molecule has 0 atom stereocenters. The van der Waals surface area contributed by atoms with E-state index in [9.17, 15) is 4.79 Å². The molecule has 2 rings (SSSR count). The van der Waals surface area contributed by atoms with Crippen LogP contribution in [0.4, 0.5) is 0 Å². The van der Waals surface area contributed by atoms with Gasteiger partial charge in [-0.1, -0.05) is 0 Å². The molecule has 0 saturated heterocycles. The Hall–Kier alpha value is -2.70. The average molecular weight is 288 g/mol.